The summed E-state index contributed by atoms with van der Waals surface area (Å²) in [7, 11) is 0. The smallest absolute Gasteiger partial charge is 0.410 e. The van der Waals surface area contributed by atoms with Gasteiger partial charge in [-0.15, -0.1) is 0 Å². The fourth-order valence-corrected chi connectivity index (χ4v) is 4.09. The summed E-state index contributed by atoms with van der Waals surface area (Å²) in [4.78, 5) is 18.3. The molecule has 31 heavy (non-hydrogen) atoms. The van der Waals surface area contributed by atoms with Gasteiger partial charge in [0.1, 0.15) is 11.3 Å². The zero-order valence-corrected chi connectivity index (χ0v) is 18.8. The van der Waals surface area contributed by atoms with Crippen molar-refractivity contribution < 1.29 is 24.1 Å². The molecule has 7 nitrogen and oxygen atoms in total. The predicted molar refractivity (Wildman–Crippen MR) is 115 cm³/mol. The van der Waals surface area contributed by atoms with Gasteiger partial charge in [0.15, 0.2) is 11.5 Å². The number of piperidine rings is 1. The summed E-state index contributed by atoms with van der Waals surface area (Å²) in [5.74, 6) is -0.0987. The van der Waals surface area contributed by atoms with Crippen LogP contribution < -0.4 is 9.47 Å². The number of hydrogen-bond donors (Lipinski definition) is 1. The summed E-state index contributed by atoms with van der Waals surface area (Å²) in [5.41, 5.74) is 0.871. The van der Waals surface area contributed by atoms with E-state index in [9.17, 15) is 9.90 Å². The van der Waals surface area contributed by atoms with Gasteiger partial charge in [-0.2, -0.15) is 0 Å². The molecular weight excluding hydrogens is 420 g/mol. The van der Waals surface area contributed by atoms with Crippen LogP contribution in [0, 0.1) is 0 Å². The maximum absolute atomic E-state index is 12.4. The maximum Gasteiger partial charge on any atom is 0.410 e. The van der Waals surface area contributed by atoms with E-state index in [2.05, 4.69) is 4.98 Å². The molecular formula is C23H27ClN2O5. The summed E-state index contributed by atoms with van der Waals surface area (Å²) >= 11 is 5.96. The Labute approximate surface area is 186 Å². The number of halogens is 1. The molecule has 166 valence electrons. The van der Waals surface area contributed by atoms with Crippen molar-refractivity contribution in [2.75, 3.05) is 13.1 Å². The van der Waals surface area contributed by atoms with Crippen LogP contribution in [0.1, 0.15) is 51.3 Å². The van der Waals surface area contributed by atoms with E-state index < -0.39 is 23.6 Å². The van der Waals surface area contributed by atoms with Gasteiger partial charge in [0, 0.05) is 31.1 Å². The summed E-state index contributed by atoms with van der Waals surface area (Å²) in [6.45, 7) is 7.95. The average molecular weight is 447 g/mol. The molecule has 8 heteroatoms. The Balaban J connectivity index is 1.53. The fraction of sp³-hybridized carbons (Fsp3) is 0.478. The molecule has 2 aromatic rings. The molecule has 2 aliphatic rings. The Bertz CT molecular complexity index is 975. The van der Waals surface area contributed by atoms with Crippen molar-refractivity contribution in [2.45, 2.75) is 57.5 Å². The number of aromatic nitrogens is 1. The lowest BCUT2D eigenvalue weighted by Gasteiger charge is -2.37. The van der Waals surface area contributed by atoms with Crippen LogP contribution in [0.4, 0.5) is 4.79 Å². The van der Waals surface area contributed by atoms with E-state index in [1.54, 1.807) is 30.2 Å². The van der Waals surface area contributed by atoms with Gasteiger partial charge in [0.2, 0.25) is 0 Å². The Morgan fingerprint density at radius 2 is 2.06 bits per heavy atom. The number of carbonyl (C=O) groups is 1. The number of aliphatic hydroxyl groups is 1. The van der Waals surface area contributed by atoms with Gasteiger partial charge in [-0.05, 0) is 45.4 Å². The van der Waals surface area contributed by atoms with Gasteiger partial charge < -0.3 is 24.2 Å². The van der Waals surface area contributed by atoms with Crippen LogP contribution in [0.3, 0.4) is 0 Å². The highest BCUT2D eigenvalue weighted by Gasteiger charge is 2.43. The second-order valence-electron chi connectivity index (χ2n) is 9.07. The number of benzene rings is 1. The molecule has 1 fully saturated rings. The first kappa shape index (κ1) is 21.7. The number of nitrogens with zero attached hydrogens (tertiary/aromatic N) is 2. The van der Waals surface area contributed by atoms with Gasteiger partial charge in [0.25, 0.3) is 5.79 Å². The van der Waals surface area contributed by atoms with E-state index in [0.717, 1.165) is 5.56 Å². The van der Waals surface area contributed by atoms with Crippen molar-refractivity contribution in [1.82, 2.24) is 9.88 Å². The summed E-state index contributed by atoms with van der Waals surface area (Å²) in [5, 5.41) is 11.4. The largest absolute Gasteiger partial charge is 0.444 e. The van der Waals surface area contributed by atoms with Crippen molar-refractivity contribution in [3.8, 4) is 11.5 Å². The number of aliphatic hydroxyl groups excluding tert-OH is 1. The SMILES string of the molecule is CC(C)(C)OC(=O)N1CCC(c2cccc3c2O[C@@](C)(c2ccc(Cl)cn2)O3)C(O)C1. The molecule has 0 aliphatic carbocycles. The van der Waals surface area contributed by atoms with E-state index in [-0.39, 0.29) is 12.5 Å². The van der Waals surface area contributed by atoms with Crippen LogP contribution in [0.5, 0.6) is 11.5 Å². The van der Waals surface area contributed by atoms with E-state index in [4.69, 9.17) is 25.8 Å². The first-order valence-electron chi connectivity index (χ1n) is 10.3. The zero-order valence-electron chi connectivity index (χ0n) is 18.1. The molecule has 1 N–H and O–H groups in total. The summed E-state index contributed by atoms with van der Waals surface area (Å²) in [6, 6.07) is 9.15. The molecule has 0 saturated carbocycles. The van der Waals surface area contributed by atoms with Crippen molar-refractivity contribution in [2.24, 2.45) is 0 Å². The number of para-hydroxylation sites is 1. The van der Waals surface area contributed by atoms with E-state index in [1.165, 1.54) is 0 Å². The minimum Gasteiger partial charge on any atom is -0.444 e. The summed E-state index contributed by atoms with van der Waals surface area (Å²) < 4.78 is 17.8. The topological polar surface area (TPSA) is 81.1 Å². The first-order valence-corrected chi connectivity index (χ1v) is 10.7. The second kappa shape index (κ2) is 7.88. The number of ether oxygens (including phenoxy) is 3. The van der Waals surface area contributed by atoms with Crippen LogP contribution in [0.15, 0.2) is 36.5 Å². The van der Waals surface area contributed by atoms with Crippen molar-refractivity contribution in [3.63, 3.8) is 0 Å². The molecule has 1 aromatic heterocycles. The highest BCUT2D eigenvalue weighted by atomic mass is 35.5. The third-order valence-electron chi connectivity index (χ3n) is 5.44. The molecule has 0 spiro atoms. The molecule has 0 radical (unpaired) electrons. The Morgan fingerprint density at radius 1 is 1.29 bits per heavy atom. The summed E-state index contributed by atoms with van der Waals surface area (Å²) in [6.07, 6.45) is 0.964. The van der Waals surface area contributed by atoms with Crippen LogP contribution in [0.25, 0.3) is 0 Å². The highest BCUT2D eigenvalue weighted by molar-refractivity contribution is 6.30. The molecule has 0 bridgehead atoms. The normalized spacial score (nSPS) is 25.4. The van der Waals surface area contributed by atoms with E-state index in [0.29, 0.717) is 35.2 Å². The zero-order chi connectivity index (χ0) is 22.4. The standard InChI is InChI=1S/C23H27ClN2O5/c1-22(2,3)31-21(28)26-11-10-15(17(27)13-26)16-6-5-7-18-20(16)30-23(4,29-18)19-9-8-14(24)12-25-19/h5-9,12,15,17,27H,10-11,13H2,1-4H3/t15?,17?,23-/m0/s1. The molecule has 1 aromatic carbocycles. The number of fused-ring (bicyclic) bond motifs is 1. The second-order valence-corrected chi connectivity index (χ2v) is 9.51. The quantitative estimate of drug-likeness (QED) is 0.733. The minimum absolute atomic E-state index is 0.195. The van der Waals surface area contributed by atoms with Crippen LogP contribution in [0.2, 0.25) is 5.02 Å². The molecule has 3 heterocycles. The number of rotatable bonds is 2. The monoisotopic (exact) mass is 446 g/mol. The van der Waals surface area contributed by atoms with E-state index in [1.807, 2.05) is 39.0 Å². The lowest BCUT2D eigenvalue weighted by atomic mass is 9.86. The van der Waals surface area contributed by atoms with Crippen molar-refractivity contribution in [3.05, 3.63) is 52.8 Å². The molecule has 4 rings (SSSR count). The van der Waals surface area contributed by atoms with Gasteiger partial charge in [-0.25, -0.2) is 4.79 Å². The maximum atomic E-state index is 12.4. The number of amides is 1. The predicted octanol–water partition coefficient (Wildman–Crippen LogP) is 4.46. The van der Waals surface area contributed by atoms with Crippen molar-refractivity contribution in [1.29, 1.82) is 0 Å². The minimum atomic E-state index is -1.09. The molecule has 1 saturated heterocycles. The number of likely N-dealkylation sites (tertiary alicyclic amines) is 1. The first-order chi connectivity index (χ1) is 14.6. The van der Waals surface area contributed by atoms with Crippen LogP contribution in [-0.4, -0.2) is 45.9 Å². The fourth-order valence-electron chi connectivity index (χ4n) is 3.98. The third kappa shape index (κ3) is 4.43. The van der Waals surface area contributed by atoms with Gasteiger partial charge in [0.05, 0.1) is 17.7 Å². The van der Waals surface area contributed by atoms with Crippen LogP contribution >= 0.6 is 11.6 Å². The number of β-amino-alcohol motifs (C(OH)–C–C–N with tert-alkyl or cyclic N) is 1. The Kier molecular flexibility index (Phi) is 5.52. The number of hydrogen-bond acceptors (Lipinski definition) is 6. The third-order valence-corrected chi connectivity index (χ3v) is 5.66. The van der Waals surface area contributed by atoms with Gasteiger partial charge in [-0.3, -0.25) is 4.98 Å². The molecule has 2 unspecified atom stereocenters. The molecule has 2 aliphatic heterocycles. The molecule has 1 amide bonds. The Hall–Kier alpha value is -2.51. The number of pyridine rings is 1. The lowest BCUT2D eigenvalue weighted by Crippen LogP contribution is -2.47. The highest BCUT2D eigenvalue weighted by Crippen LogP contribution is 2.49. The molecule has 3 atom stereocenters. The van der Waals surface area contributed by atoms with E-state index >= 15 is 0 Å². The number of carbonyl (C=O) groups excluding carboxylic acids is 1. The van der Waals surface area contributed by atoms with Gasteiger partial charge in [-0.1, -0.05) is 23.7 Å². The van der Waals surface area contributed by atoms with Gasteiger partial charge >= 0.3 is 6.09 Å². The van der Waals surface area contributed by atoms with Crippen LogP contribution in [-0.2, 0) is 10.5 Å². The average Bonchev–Trinajstić information content (AvgIpc) is 3.04. The lowest BCUT2D eigenvalue weighted by molar-refractivity contribution is -0.0725. The van der Waals surface area contributed by atoms with Crippen molar-refractivity contribution >= 4 is 17.7 Å². The Morgan fingerprint density at radius 3 is 2.71 bits per heavy atom.